The molecule has 1 aromatic heterocycles. The van der Waals surface area contributed by atoms with E-state index in [9.17, 15) is 4.79 Å². The van der Waals surface area contributed by atoms with E-state index in [-0.39, 0.29) is 6.03 Å². The Balaban J connectivity index is 1.50. The lowest BCUT2D eigenvalue weighted by Crippen LogP contribution is -2.28. The van der Waals surface area contributed by atoms with Crippen LogP contribution in [-0.4, -0.2) is 24.4 Å². The highest BCUT2D eigenvalue weighted by molar-refractivity contribution is 5.88. The van der Waals surface area contributed by atoms with E-state index in [2.05, 4.69) is 21.9 Å². The van der Waals surface area contributed by atoms with Crippen LogP contribution in [0, 0.1) is 6.92 Å². The highest BCUT2D eigenvalue weighted by atomic mass is 16.5. The average molecular weight is 315 g/mol. The Morgan fingerprint density at radius 2 is 2.13 bits per heavy atom. The van der Waals surface area contributed by atoms with Gasteiger partial charge in [-0.25, -0.2) is 4.79 Å². The van der Waals surface area contributed by atoms with E-state index in [4.69, 9.17) is 14.0 Å². The first-order chi connectivity index (χ1) is 11.2. The predicted molar refractivity (Wildman–Crippen MR) is 81.9 cm³/mol. The maximum atomic E-state index is 12.0. The van der Waals surface area contributed by atoms with Gasteiger partial charge in [0.1, 0.15) is 17.3 Å². The maximum Gasteiger partial charge on any atom is 0.320 e. The Hall–Kier alpha value is -2.70. The van der Waals surface area contributed by atoms with Crippen LogP contribution in [-0.2, 0) is 19.4 Å². The maximum absolute atomic E-state index is 12.0. The van der Waals surface area contributed by atoms with Crippen LogP contribution in [0.4, 0.5) is 10.6 Å². The number of hydrogen-bond donors (Lipinski definition) is 2. The molecule has 0 atom stereocenters. The van der Waals surface area contributed by atoms with Crippen molar-refractivity contribution in [3.05, 3.63) is 34.6 Å². The Kier molecular flexibility index (Phi) is 3.33. The Labute approximate surface area is 132 Å². The molecular weight excluding hydrogens is 298 g/mol. The zero-order valence-corrected chi connectivity index (χ0v) is 12.8. The van der Waals surface area contributed by atoms with Crippen LogP contribution in [0.5, 0.6) is 11.5 Å². The van der Waals surface area contributed by atoms with Gasteiger partial charge < -0.3 is 19.3 Å². The van der Waals surface area contributed by atoms with Crippen LogP contribution in [0.1, 0.15) is 22.5 Å². The topological polar surface area (TPSA) is 85.6 Å². The fourth-order valence-corrected chi connectivity index (χ4v) is 3.03. The summed E-state index contributed by atoms with van der Waals surface area (Å²) < 4.78 is 16.3. The van der Waals surface area contributed by atoms with Crippen molar-refractivity contribution >= 4 is 11.8 Å². The third-order valence-corrected chi connectivity index (χ3v) is 4.06. The number of rotatable bonds is 3. The number of aromatic nitrogens is 1. The Morgan fingerprint density at radius 1 is 1.26 bits per heavy atom. The molecule has 120 valence electrons. The minimum atomic E-state index is -0.332. The van der Waals surface area contributed by atoms with E-state index in [0.717, 1.165) is 41.0 Å². The van der Waals surface area contributed by atoms with Crippen LogP contribution in [0.25, 0.3) is 0 Å². The predicted octanol–water partition coefficient (Wildman–Crippen LogP) is 2.17. The van der Waals surface area contributed by atoms with Crippen molar-refractivity contribution in [1.29, 1.82) is 0 Å². The second kappa shape index (κ2) is 5.49. The van der Waals surface area contributed by atoms with Crippen molar-refractivity contribution in [2.75, 3.05) is 18.5 Å². The van der Waals surface area contributed by atoms with E-state index >= 15 is 0 Å². The highest BCUT2D eigenvalue weighted by Gasteiger charge is 2.26. The number of aryl methyl sites for hydroxylation is 1. The van der Waals surface area contributed by atoms with Gasteiger partial charge in [0.2, 0.25) is 0 Å². The third-order valence-electron chi connectivity index (χ3n) is 4.06. The van der Waals surface area contributed by atoms with Crippen molar-refractivity contribution in [3.8, 4) is 11.5 Å². The summed E-state index contributed by atoms with van der Waals surface area (Å²) in [5.41, 5.74) is 3.29. The SMILES string of the molecule is Cc1cc(NC(=O)NCc2c3c(cc4c2OCC4)OCC3)no1. The first-order valence-corrected chi connectivity index (χ1v) is 7.62. The summed E-state index contributed by atoms with van der Waals surface area (Å²) in [4.78, 5) is 12.0. The largest absolute Gasteiger partial charge is 0.493 e. The minimum Gasteiger partial charge on any atom is -0.493 e. The molecule has 0 fully saturated rings. The fourth-order valence-electron chi connectivity index (χ4n) is 3.03. The van der Waals surface area contributed by atoms with Crippen molar-refractivity contribution < 1.29 is 18.8 Å². The van der Waals surface area contributed by atoms with Gasteiger partial charge in [0.15, 0.2) is 5.82 Å². The lowest BCUT2D eigenvalue weighted by Gasteiger charge is -2.13. The lowest BCUT2D eigenvalue weighted by atomic mass is 9.99. The zero-order chi connectivity index (χ0) is 15.8. The van der Waals surface area contributed by atoms with Crippen LogP contribution in [0.15, 0.2) is 16.7 Å². The molecule has 0 bridgehead atoms. The van der Waals surface area contributed by atoms with Gasteiger partial charge in [-0.2, -0.15) is 0 Å². The van der Waals surface area contributed by atoms with Crippen molar-refractivity contribution in [1.82, 2.24) is 10.5 Å². The molecule has 0 saturated heterocycles. The van der Waals surface area contributed by atoms with Gasteiger partial charge in [-0.3, -0.25) is 5.32 Å². The van der Waals surface area contributed by atoms with Crippen LogP contribution in [0.3, 0.4) is 0 Å². The molecule has 0 radical (unpaired) electrons. The zero-order valence-electron chi connectivity index (χ0n) is 12.8. The normalized spacial score (nSPS) is 14.7. The molecule has 23 heavy (non-hydrogen) atoms. The third kappa shape index (κ3) is 2.58. The second-order valence-electron chi connectivity index (χ2n) is 5.65. The van der Waals surface area contributed by atoms with E-state index in [1.54, 1.807) is 13.0 Å². The van der Waals surface area contributed by atoms with E-state index in [1.807, 2.05) is 0 Å². The highest BCUT2D eigenvalue weighted by Crippen LogP contribution is 2.40. The Morgan fingerprint density at radius 3 is 2.96 bits per heavy atom. The first-order valence-electron chi connectivity index (χ1n) is 7.62. The average Bonchev–Trinajstić information content (AvgIpc) is 3.24. The minimum absolute atomic E-state index is 0.332. The summed E-state index contributed by atoms with van der Waals surface area (Å²) in [5, 5.41) is 9.23. The molecule has 7 nitrogen and oxygen atoms in total. The quantitative estimate of drug-likeness (QED) is 0.906. The number of nitrogens with zero attached hydrogens (tertiary/aromatic N) is 1. The number of carbonyl (C=O) groups excluding carboxylic acids is 1. The number of benzene rings is 1. The summed E-state index contributed by atoms with van der Waals surface area (Å²) in [6.45, 7) is 3.51. The van der Waals surface area contributed by atoms with Gasteiger partial charge in [0.25, 0.3) is 0 Å². The van der Waals surface area contributed by atoms with Gasteiger partial charge in [-0.05, 0) is 13.0 Å². The van der Waals surface area contributed by atoms with Crippen LogP contribution in [0.2, 0.25) is 0 Å². The molecule has 1 aromatic carbocycles. The Bertz CT molecular complexity index is 737. The van der Waals surface area contributed by atoms with Crippen molar-refractivity contribution in [3.63, 3.8) is 0 Å². The molecule has 0 saturated carbocycles. The van der Waals surface area contributed by atoms with Crippen molar-refractivity contribution in [2.24, 2.45) is 0 Å². The number of anilines is 1. The first kappa shape index (κ1) is 13.9. The molecule has 2 amide bonds. The van der Waals surface area contributed by atoms with E-state index in [1.165, 1.54) is 0 Å². The monoisotopic (exact) mass is 315 g/mol. The molecule has 0 spiro atoms. The van der Waals surface area contributed by atoms with Gasteiger partial charge in [-0.1, -0.05) is 5.16 Å². The molecule has 0 aliphatic carbocycles. The van der Waals surface area contributed by atoms with E-state index in [0.29, 0.717) is 31.3 Å². The molecule has 2 aliphatic rings. The fraction of sp³-hybridized carbons (Fsp3) is 0.375. The molecule has 2 aliphatic heterocycles. The number of ether oxygens (including phenoxy) is 2. The number of carbonyl (C=O) groups is 1. The summed E-state index contributed by atoms with van der Waals surface area (Å²) in [6, 6.07) is 3.39. The number of amides is 2. The second-order valence-corrected chi connectivity index (χ2v) is 5.65. The summed E-state index contributed by atoms with van der Waals surface area (Å²) in [6.07, 6.45) is 1.72. The molecule has 7 heteroatoms. The molecule has 0 unspecified atom stereocenters. The molecule has 2 N–H and O–H groups in total. The van der Waals surface area contributed by atoms with Gasteiger partial charge in [0, 0.05) is 42.1 Å². The summed E-state index contributed by atoms with van der Waals surface area (Å²) >= 11 is 0. The molecule has 2 aromatic rings. The number of nitrogens with one attached hydrogen (secondary N) is 2. The number of urea groups is 1. The molecule has 4 rings (SSSR count). The summed E-state index contributed by atoms with van der Waals surface area (Å²) in [5.74, 6) is 2.85. The number of fused-ring (bicyclic) bond motifs is 2. The number of hydrogen-bond acceptors (Lipinski definition) is 5. The smallest absolute Gasteiger partial charge is 0.320 e. The lowest BCUT2D eigenvalue weighted by molar-refractivity contribution is 0.251. The standard InChI is InChI=1S/C16H17N3O4/c1-9-6-14(19-23-9)18-16(20)17-8-12-11-3-5-21-13(11)7-10-2-4-22-15(10)12/h6-7H,2-5,8H2,1H3,(H2,17,18,19,20). The van der Waals surface area contributed by atoms with Crippen LogP contribution < -0.4 is 20.1 Å². The van der Waals surface area contributed by atoms with Gasteiger partial charge >= 0.3 is 6.03 Å². The van der Waals surface area contributed by atoms with Crippen molar-refractivity contribution in [2.45, 2.75) is 26.3 Å². The summed E-state index contributed by atoms with van der Waals surface area (Å²) in [7, 11) is 0. The molecule has 3 heterocycles. The van der Waals surface area contributed by atoms with Crippen LogP contribution >= 0.6 is 0 Å². The van der Waals surface area contributed by atoms with E-state index < -0.39 is 0 Å². The molecular formula is C16H17N3O4. The van der Waals surface area contributed by atoms with Gasteiger partial charge in [-0.15, -0.1) is 0 Å². The van der Waals surface area contributed by atoms with Gasteiger partial charge in [0.05, 0.1) is 13.2 Å².